The average molecular weight is 1040 g/mol. The lowest BCUT2D eigenvalue weighted by Crippen LogP contribution is -2.33. The number of rotatable bonds is 22. The normalized spacial score (nSPS) is 19.4. The fourth-order valence-electron chi connectivity index (χ4n) is 8.49. The maximum Gasteiger partial charge on any atom is 0.311 e. The highest BCUT2D eigenvalue weighted by Gasteiger charge is 2.48. The molecular formula is C42H45F4N2O16S4-3. The first kappa shape index (κ1) is 54.3. The maximum absolute atomic E-state index is 14.5. The molecule has 0 radical (unpaired) electrons. The lowest BCUT2D eigenvalue weighted by atomic mass is 9.75. The van der Waals surface area contributed by atoms with Crippen LogP contribution in [0.4, 0.5) is 28.9 Å². The largest absolute Gasteiger partial charge is 0.748 e. The Hall–Kier alpha value is -4.64. The van der Waals surface area contributed by atoms with E-state index in [1.54, 1.807) is 36.7 Å². The number of halogens is 4. The molecule has 2 atom stereocenters. The van der Waals surface area contributed by atoms with Crippen LogP contribution in [0.1, 0.15) is 69.9 Å². The smallest absolute Gasteiger partial charge is 0.311 e. The van der Waals surface area contributed by atoms with Crippen LogP contribution in [0.25, 0.3) is 0 Å². The van der Waals surface area contributed by atoms with E-state index in [2.05, 4.69) is 4.74 Å². The summed E-state index contributed by atoms with van der Waals surface area (Å²) in [5.74, 6) is -14.0. The van der Waals surface area contributed by atoms with Crippen LogP contribution < -0.4 is 9.64 Å². The molecule has 0 N–H and O–H groups in total. The van der Waals surface area contributed by atoms with Crippen molar-refractivity contribution < 1.29 is 93.0 Å². The summed E-state index contributed by atoms with van der Waals surface area (Å²) in [6.45, 7) is 4.11. The van der Waals surface area contributed by atoms with Crippen LogP contribution in [0.5, 0.6) is 5.75 Å². The molecule has 0 spiro atoms. The summed E-state index contributed by atoms with van der Waals surface area (Å²) in [4.78, 5) is 10.9. The number of hydrogen-bond donors (Lipinski definition) is 0. The quantitative estimate of drug-likeness (QED) is 0.0251. The number of unbranched alkanes of at least 4 members (excludes halogenated alkanes) is 2. The number of allylic oxidation sites excluding steroid dienone is 4. The Labute approximate surface area is 390 Å². The van der Waals surface area contributed by atoms with Crippen molar-refractivity contribution in [3.8, 4) is 5.75 Å². The molecule has 374 valence electrons. The number of methoxy groups -OCH3 is 2. The average Bonchev–Trinajstić information content (AvgIpc) is 3.60. The van der Waals surface area contributed by atoms with Crippen LogP contribution in [-0.4, -0.2) is 114 Å². The van der Waals surface area contributed by atoms with Gasteiger partial charge in [-0.15, -0.1) is 0 Å². The standard InChI is InChI=1S/C42H48F4N2O16S4/c1-41(17-9-23-65(50,51)52)28-24-26(66(53,54)55)14-16-31(28)48(20-22-63-4)32(41)10-8-11-33-42(2,18-21-62-3)29-25-27(67(56,57)58)13-15-30(29)47(33)19-7-5-6-12-34(49)64-39-35(43)37(45)40(68(59,60)61)38(46)36(39)44/h8,10-11,13-16,24-25H,5-7,9,12,17-23H2,1-4H3,(H3-,50,51,52,53,54,55,56,57,58,59,60,61)/p-3. The van der Waals surface area contributed by atoms with Crippen LogP contribution in [0.2, 0.25) is 0 Å². The van der Waals surface area contributed by atoms with Gasteiger partial charge in [0, 0.05) is 74.1 Å². The topological polar surface area (TPSA) is 280 Å². The van der Waals surface area contributed by atoms with E-state index in [0.717, 1.165) is 12.1 Å². The summed E-state index contributed by atoms with van der Waals surface area (Å²) in [6.07, 6.45) is 4.93. The van der Waals surface area contributed by atoms with Crippen LogP contribution in [0.15, 0.2) is 75.0 Å². The van der Waals surface area contributed by atoms with E-state index in [1.165, 1.54) is 38.5 Å². The molecule has 0 bridgehead atoms. The molecular weight excluding hydrogens is 993 g/mol. The zero-order chi connectivity index (χ0) is 50.8. The third kappa shape index (κ3) is 11.7. The Balaban J connectivity index is 1.52. The van der Waals surface area contributed by atoms with Crippen molar-refractivity contribution in [2.24, 2.45) is 0 Å². The molecule has 2 aliphatic rings. The lowest BCUT2D eigenvalue weighted by molar-refractivity contribution is -0.441. The second-order valence-corrected chi connectivity index (χ2v) is 21.9. The monoisotopic (exact) mass is 1040 g/mol. The predicted octanol–water partition coefficient (Wildman–Crippen LogP) is 4.70. The van der Waals surface area contributed by atoms with Crippen molar-refractivity contribution >= 4 is 63.5 Å². The van der Waals surface area contributed by atoms with Crippen LogP contribution in [0.3, 0.4) is 0 Å². The number of nitrogens with zero attached hydrogens (tertiary/aromatic N) is 2. The van der Waals surface area contributed by atoms with Gasteiger partial charge in [-0.05, 0) is 87.9 Å². The first-order valence-electron chi connectivity index (χ1n) is 20.5. The van der Waals surface area contributed by atoms with Crippen LogP contribution in [-0.2, 0) is 65.6 Å². The molecule has 0 saturated heterocycles. The maximum atomic E-state index is 14.5. The van der Waals surface area contributed by atoms with E-state index >= 15 is 0 Å². The Morgan fingerprint density at radius 1 is 0.721 bits per heavy atom. The van der Waals surface area contributed by atoms with Crippen molar-refractivity contribution in [1.29, 1.82) is 0 Å². The molecule has 0 fully saturated rings. The number of benzene rings is 3. The molecule has 2 heterocycles. The Morgan fingerprint density at radius 3 is 1.87 bits per heavy atom. The van der Waals surface area contributed by atoms with Crippen molar-refractivity contribution in [3.63, 3.8) is 0 Å². The van der Waals surface area contributed by atoms with Gasteiger partial charge in [-0.25, -0.2) is 42.5 Å². The first-order chi connectivity index (χ1) is 31.5. The number of esters is 1. The third-order valence-electron chi connectivity index (χ3n) is 11.8. The van der Waals surface area contributed by atoms with Gasteiger partial charge < -0.3 is 37.3 Å². The number of ether oxygens (including phenoxy) is 3. The molecule has 3 aromatic carbocycles. The Kier molecular flexibility index (Phi) is 16.6. The van der Waals surface area contributed by atoms with E-state index in [-0.39, 0.29) is 64.8 Å². The molecule has 5 rings (SSSR count). The van der Waals surface area contributed by atoms with Crippen molar-refractivity contribution in [2.75, 3.05) is 51.2 Å². The van der Waals surface area contributed by atoms with Gasteiger partial charge in [-0.3, -0.25) is 4.79 Å². The zero-order valence-electron chi connectivity index (χ0n) is 36.8. The predicted molar refractivity (Wildman–Crippen MR) is 228 cm³/mol. The summed E-state index contributed by atoms with van der Waals surface area (Å²) in [5, 5.41) is 0. The van der Waals surface area contributed by atoms with Gasteiger partial charge in [0.2, 0.25) is 23.1 Å². The summed E-state index contributed by atoms with van der Waals surface area (Å²) in [7, 11) is -17.7. The Bertz CT molecular complexity index is 3010. The molecule has 26 heteroatoms. The van der Waals surface area contributed by atoms with Gasteiger partial charge in [0.25, 0.3) is 0 Å². The zero-order valence-corrected chi connectivity index (χ0v) is 40.0. The second kappa shape index (κ2) is 20.8. The number of hydrogen-bond acceptors (Lipinski definition) is 17. The molecule has 18 nitrogen and oxygen atoms in total. The highest BCUT2D eigenvalue weighted by Crippen LogP contribution is 2.51. The highest BCUT2D eigenvalue weighted by atomic mass is 32.2. The lowest BCUT2D eigenvalue weighted by Gasteiger charge is -2.30. The molecule has 0 aromatic heterocycles. The number of carbonyl (C=O) groups excluding carboxylic acids is 1. The van der Waals surface area contributed by atoms with E-state index in [9.17, 15) is 74.2 Å². The van der Waals surface area contributed by atoms with Crippen molar-refractivity contribution in [1.82, 2.24) is 0 Å². The van der Waals surface area contributed by atoms with E-state index in [4.69, 9.17) is 9.47 Å². The van der Waals surface area contributed by atoms with Gasteiger partial charge in [0.15, 0.2) is 23.9 Å². The first-order valence-corrected chi connectivity index (χ1v) is 26.3. The summed E-state index contributed by atoms with van der Waals surface area (Å²) in [5.41, 5.74) is 0.511. The van der Waals surface area contributed by atoms with E-state index in [0.29, 0.717) is 33.9 Å². The van der Waals surface area contributed by atoms with Gasteiger partial charge >= 0.3 is 5.97 Å². The van der Waals surface area contributed by atoms with Crippen molar-refractivity contribution in [2.45, 2.75) is 84.3 Å². The minimum atomic E-state index is -6.01. The minimum absolute atomic E-state index is 0.00234. The molecule has 3 aromatic rings. The van der Waals surface area contributed by atoms with Crippen LogP contribution in [0, 0.1) is 23.3 Å². The van der Waals surface area contributed by atoms with E-state index in [1.807, 2.05) is 4.90 Å². The molecule has 68 heavy (non-hydrogen) atoms. The second-order valence-electron chi connectivity index (χ2n) is 16.3. The van der Waals surface area contributed by atoms with Crippen molar-refractivity contribution in [3.05, 3.63) is 94.7 Å². The molecule has 0 saturated carbocycles. The third-order valence-corrected chi connectivity index (χ3v) is 15.1. The molecule has 2 aliphatic heterocycles. The fourth-order valence-corrected chi connectivity index (χ4v) is 10.6. The number of carbonyl (C=O) groups is 1. The number of anilines is 1. The van der Waals surface area contributed by atoms with Gasteiger partial charge in [-0.2, -0.15) is 13.4 Å². The van der Waals surface area contributed by atoms with E-state index < -0.39 is 113 Å². The highest BCUT2D eigenvalue weighted by molar-refractivity contribution is 7.86. The van der Waals surface area contributed by atoms with Gasteiger partial charge in [0.1, 0.15) is 41.9 Å². The molecule has 0 amide bonds. The molecule has 0 aliphatic carbocycles. The fraction of sp³-hybridized carbons (Fsp3) is 0.429. The van der Waals surface area contributed by atoms with Gasteiger partial charge in [0.05, 0.1) is 25.3 Å². The summed E-state index contributed by atoms with van der Waals surface area (Å²) < 4.78 is 216. The Morgan fingerprint density at radius 2 is 1.31 bits per heavy atom. The number of fused-ring (bicyclic) bond motifs is 2. The molecule has 2 unspecified atom stereocenters. The van der Waals surface area contributed by atoms with Gasteiger partial charge in [-0.1, -0.05) is 12.5 Å². The SMILES string of the molecule is COCC[N+]1=C(C=CC=C2N(CCCCCC(=O)Oc3c(F)c(F)c(S(=O)(=O)[O-])c(F)c3F)c3ccc(S(=O)(=O)[O-])cc3C2(C)CCOC)C(C)(CCCS(=O)(=O)[O-])c2cc(S(=O)(=O)[O-])ccc21. The summed E-state index contributed by atoms with van der Waals surface area (Å²) in [6, 6.07) is 7.61. The summed E-state index contributed by atoms with van der Waals surface area (Å²) >= 11 is 0. The van der Waals surface area contributed by atoms with Crippen LogP contribution >= 0.6 is 0 Å². The minimum Gasteiger partial charge on any atom is -0.748 e.